The minimum atomic E-state index is -1.79. The third-order valence-electron chi connectivity index (χ3n) is 13.1. The SMILES string of the molecule is CCCCCCCCCCCCCCCCCCCCCCCCC/C=C/CC/C=C/CC/C=C/C(O)C(COC1OC(CO)C(OC2OC(CO)C(O)C(O)C2O)C(O)C1O)NC(=O)CC. The van der Waals surface area contributed by atoms with Crippen LogP contribution in [0.15, 0.2) is 36.5 Å². The topological polar surface area (TPSA) is 228 Å². The molecule has 0 aromatic heterocycles. The molecule has 0 aliphatic carbocycles. The lowest BCUT2D eigenvalue weighted by Gasteiger charge is -2.46. The van der Waals surface area contributed by atoms with Crippen molar-refractivity contribution in [2.75, 3.05) is 19.8 Å². The highest BCUT2D eigenvalue weighted by Gasteiger charge is 2.51. The number of rotatable bonds is 41. The van der Waals surface area contributed by atoms with Crippen molar-refractivity contribution in [1.82, 2.24) is 5.32 Å². The summed E-state index contributed by atoms with van der Waals surface area (Å²) in [5, 5.41) is 85.4. The quantitative estimate of drug-likeness (QED) is 0.0214. The molecule has 12 unspecified atom stereocenters. The van der Waals surface area contributed by atoms with Gasteiger partial charge >= 0.3 is 0 Å². The van der Waals surface area contributed by atoms with Gasteiger partial charge < -0.3 is 65.1 Å². The number of hydrogen-bond donors (Lipinski definition) is 9. The van der Waals surface area contributed by atoms with Gasteiger partial charge in [0.25, 0.3) is 0 Å². The standard InChI is InChI=1S/C53H97NO13/c1-3-5-6-7-8-9-10-11-12-13-14-15-16-17-18-19-20-21-22-23-24-25-26-27-28-29-30-31-32-33-34-35-36-37-42(57)41(54-45(58)4-2)40-64-52-50(63)48(61)51(44(39-56)66-52)67-53-49(62)47(60)46(59)43(38-55)65-53/h28-29,32-33,36-37,41-44,46-53,55-57,59-63H,3-27,30-31,34-35,38-40H2,1-2H3,(H,54,58)/b29-28+,33-32+,37-36+. The van der Waals surface area contributed by atoms with E-state index < -0.39 is 86.8 Å². The fourth-order valence-electron chi connectivity index (χ4n) is 8.70. The second kappa shape index (κ2) is 39.9. The van der Waals surface area contributed by atoms with Crippen LogP contribution in [0.2, 0.25) is 0 Å². The normalized spacial score (nSPS) is 26.8. The van der Waals surface area contributed by atoms with Crippen LogP contribution in [0.25, 0.3) is 0 Å². The molecule has 67 heavy (non-hydrogen) atoms. The number of aliphatic hydroxyl groups excluding tert-OH is 8. The fraction of sp³-hybridized carbons (Fsp3) is 0.868. The van der Waals surface area contributed by atoms with Crippen LogP contribution in [-0.2, 0) is 23.7 Å². The first-order valence-electron chi connectivity index (χ1n) is 26.7. The van der Waals surface area contributed by atoms with Crippen LogP contribution >= 0.6 is 0 Å². The predicted molar refractivity (Wildman–Crippen MR) is 263 cm³/mol. The molecule has 2 saturated heterocycles. The number of unbranched alkanes of at least 4 members (excludes halogenated alkanes) is 25. The van der Waals surface area contributed by atoms with Gasteiger partial charge in [0, 0.05) is 6.42 Å². The molecule has 0 aromatic rings. The van der Waals surface area contributed by atoms with Crippen molar-refractivity contribution in [3.63, 3.8) is 0 Å². The third-order valence-corrected chi connectivity index (χ3v) is 13.1. The van der Waals surface area contributed by atoms with E-state index in [1.165, 1.54) is 148 Å². The molecule has 12 atom stereocenters. The Kier molecular flexibility index (Phi) is 36.5. The van der Waals surface area contributed by atoms with E-state index in [1.54, 1.807) is 13.0 Å². The smallest absolute Gasteiger partial charge is 0.220 e. The van der Waals surface area contributed by atoms with Crippen molar-refractivity contribution in [2.45, 2.75) is 274 Å². The molecule has 2 rings (SSSR count). The van der Waals surface area contributed by atoms with Crippen LogP contribution in [0.3, 0.4) is 0 Å². The average molecular weight is 956 g/mol. The van der Waals surface area contributed by atoms with Crippen molar-refractivity contribution < 1.29 is 64.6 Å². The Hall–Kier alpha value is -1.79. The number of nitrogens with one attached hydrogen (secondary N) is 1. The molecule has 0 bridgehead atoms. The zero-order valence-corrected chi connectivity index (χ0v) is 41.6. The molecule has 392 valence electrons. The van der Waals surface area contributed by atoms with E-state index in [0.29, 0.717) is 6.42 Å². The van der Waals surface area contributed by atoms with Crippen LogP contribution < -0.4 is 5.32 Å². The summed E-state index contributed by atoms with van der Waals surface area (Å²) in [6, 6.07) is -0.932. The lowest BCUT2D eigenvalue weighted by atomic mass is 9.97. The minimum Gasteiger partial charge on any atom is -0.394 e. The van der Waals surface area contributed by atoms with E-state index in [4.69, 9.17) is 18.9 Å². The Morgan fingerprint density at radius 1 is 0.522 bits per heavy atom. The molecular formula is C53H97NO13. The summed E-state index contributed by atoms with van der Waals surface area (Å²) < 4.78 is 22.3. The second-order valence-electron chi connectivity index (χ2n) is 18.9. The molecule has 1 amide bonds. The van der Waals surface area contributed by atoms with Crippen molar-refractivity contribution in [3.8, 4) is 0 Å². The maximum absolute atomic E-state index is 12.3. The van der Waals surface area contributed by atoms with Crippen LogP contribution in [0.4, 0.5) is 0 Å². The molecule has 9 N–H and O–H groups in total. The molecule has 0 aromatic carbocycles. The van der Waals surface area contributed by atoms with Gasteiger partial charge in [0.2, 0.25) is 5.91 Å². The summed E-state index contributed by atoms with van der Waals surface area (Å²) in [5.74, 6) is -0.342. The number of amides is 1. The van der Waals surface area contributed by atoms with Gasteiger partial charge in [-0.2, -0.15) is 0 Å². The fourth-order valence-corrected chi connectivity index (χ4v) is 8.70. The molecule has 2 aliphatic rings. The predicted octanol–water partition coefficient (Wildman–Crippen LogP) is 7.49. The highest BCUT2D eigenvalue weighted by molar-refractivity contribution is 5.75. The first kappa shape index (κ1) is 61.3. The Balaban J connectivity index is 1.51. The van der Waals surface area contributed by atoms with Crippen molar-refractivity contribution >= 4 is 5.91 Å². The summed E-state index contributed by atoms with van der Waals surface area (Å²) in [6.45, 7) is 2.19. The van der Waals surface area contributed by atoms with Crippen molar-refractivity contribution in [2.24, 2.45) is 0 Å². The lowest BCUT2D eigenvalue weighted by Crippen LogP contribution is -2.65. The van der Waals surface area contributed by atoms with Crippen LogP contribution in [-0.4, -0.2) is 140 Å². The Labute approximate surface area is 404 Å². The molecule has 0 radical (unpaired) electrons. The molecule has 0 saturated carbocycles. The number of carbonyl (C=O) groups is 1. The van der Waals surface area contributed by atoms with Gasteiger partial charge in [0.1, 0.15) is 48.8 Å². The summed E-state index contributed by atoms with van der Waals surface area (Å²) in [4.78, 5) is 12.3. The molecule has 14 nitrogen and oxygen atoms in total. The maximum Gasteiger partial charge on any atom is 0.220 e. The van der Waals surface area contributed by atoms with Gasteiger partial charge in [-0.25, -0.2) is 0 Å². The molecule has 2 heterocycles. The average Bonchev–Trinajstić information content (AvgIpc) is 3.33. The zero-order valence-electron chi connectivity index (χ0n) is 41.6. The molecule has 0 spiro atoms. The highest BCUT2D eigenvalue weighted by atomic mass is 16.7. The Morgan fingerprint density at radius 3 is 1.40 bits per heavy atom. The summed E-state index contributed by atoms with van der Waals surface area (Å²) in [6.07, 6.45) is 32.2. The van der Waals surface area contributed by atoms with Gasteiger partial charge in [0.15, 0.2) is 12.6 Å². The zero-order chi connectivity index (χ0) is 48.9. The molecule has 2 aliphatic heterocycles. The van der Waals surface area contributed by atoms with E-state index in [9.17, 15) is 45.6 Å². The first-order chi connectivity index (χ1) is 32.6. The van der Waals surface area contributed by atoms with E-state index in [-0.39, 0.29) is 18.9 Å². The Bertz CT molecular complexity index is 1270. The minimum absolute atomic E-state index is 0.150. The van der Waals surface area contributed by atoms with E-state index in [0.717, 1.165) is 25.7 Å². The van der Waals surface area contributed by atoms with E-state index >= 15 is 0 Å². The number of hydrogen-bond acceptors (Lipinski definition) is 13. The van der Waals surface area contributed by atoms with Crippen molar-refractivity contribution in [1.29, 1.82) is 0 Å². The molecule has 14 heteroatoms. The van der Waals surface area contributed by atoms with Gasteiger partial charge in [0.05, 0.1) is 32.0 Å². The highest BCUT2D eigenvalue weighted by Crippen LogP contribution is 2.30. The molecule has 2 fully saturated rings. The Morgan fingerprint density at radius 2 is 0.940 bits per heavy atom. The maximum atomic E-state index is 12.3. The van der Waals surface area contributed by atoms with Gasteiger partial charge in [-0.1, -0.05) is 192 Å². The van der Waals surface area contributed by atoms with Crippen LogP contribution in [0, 0.1) is 0 Å². The van der Waals surface area contributed by atoms with Gasteiger partial charge in [-0.05, 0) is 38.5 Å². The number of carbonyl (C=O) groups excluding carboxylic acids is 1. The lowest BCUT2D eigenvalue weighted by molar-refractivity contribution is -0.359. The third kappa shape index (κ3) is 26.8. The number of ether oxygens (including phenoxy) is 4. The molecular weight excluding hydrogens is 859 g/mol. The van der Waals surface area contributed by atoms with Crippen LogP contribution in [0.5, 0.6) is 0 Å². The summed E-state index contributed by atoms with van der Waals surface area (Å²) in [7, 11) is 0. The van der Waals surface area contributed by atoms with Gasteiger partial charge in [-0.3, -0.25) is 4.79 Å². The van der Waals surface area contributed by atoms with Crippen molar-refractivity contribution in [3.05, 3.63) is 36.5 Å². The first-order valence-corrected chi connectivity index (χ1v) is 26.7. The second-order valence-corrected chi connectivity index (χ2v) is 18.9. The van der Waals surface area contributed by atoms with Crippen LogP contribution in [0.1, 0.15) is 200 Å². The monoisotopic (exact) mass is 956 g/mol. The van der Waals surface area contributed by atoms with E-state index in [2.05, 4.69) is 36.5 Å². The summed E-state index contributed by atoms with van der Waals surface area (Å²) in [5.41, 5.74) is 0. The largest absolute Gasteiger partial charge is 0.394 e. The van der Waals surface area contributed by atoms with Gasteiger partial charge in [-0.15, -0.1) is 0 Å². The number of allylic oxidation sites excluding steroid dienone is 5. The number of aliphatic hydroxyl groups is 8. The summed E-state index contributed by atoms with van der Waals surface area (Å²) >= 11 is 0. The van der Waals surface area contributed by atoms with E-state index in [1.807, 2.05) is 6.08 Å².